The molecule has 4 heteroatoms. The lowest BCUT2D eigenvalue weighted by atomic mass is 9.80. The lowest BCUT2D eigenvalue weighted by molar-refractivity contribution is 0.115. The van der Waals surface area contributed by atoms with E-state index >= 15 is 0 Å². The van der Waals surface area contributed by atoms with Gasteiger partial charge in [-0.25, -0.2) is 4.98 Å². The third-order valence-corrected chi connectivity index (χ3v) is 4.86. The highest BCUT2D eigenvalue weighted by Gasteiger charge is 2.36. The van der Waals surface area contributed by atoms with Gasteiger partial charge in [0.2, 0.25) is 0 Å². The smallest absolute Gasteiger partial charge is 0.0937 e. The highest BCUT2D eigenvalue weighted by molar-refractivity contribution is 7.11. The molecule has 1 aliphatic carbocycles. The van der Waals surface area contributed by atoms with E-state index in [-0.39, 0.29) is 12.0 Å². The molecular formula is C13H22N2OS. The molecule has 0 saturated heterocycles. The van der Waals surface area contributed by atoms with Crippen LogP contribution in [0.15, 0.2) is 0 Å². The fourth-order valence-electron chi connectivity index (χ4n) is 2.28. The van der Waals surface area contributed by atoms with Crippen LogP contribution in [-0.2, 0) is 6.42 Å². The standard InChI is InChI=1S/C13H22N2OS/c1-9-10(2)17-12(15-9)6-13(7-14,8-16)5-11-3-4-11/h11,16H,3-8,14H2,1-2H3. The SMILES string of the molecule is Cc1nc(CC(CN)(CO)CC2CC2)sc1C. The summed E-state index contributed by atoms with van der Waals surface area (Å²) in [5.41, 5.74) is 6.87. The molecule has 3 nitrogen and oxygen atoms in total. The number of aliphatic hydroxyl groups excluding tert-OH is 1. The van der Waals surface area contributed by atoms with Gasteiger partial charge in [-0.2, -0.15) is 0 Å². The first kappa shape index (κ1) is 13.0. The second-order valence-electron chi connectivity index (χ2n) is 5.44. The Balaban J connectivity index is 2.10. The Labute approximate surface area is 107 Å². The van der Waals surface area contributed by atoms with Crippen LogP contribution in [-0.4, -0.2) is 23.2 Å². The number of hydrogen-bond donors (Lipinski definition) is 2. The van der Waals surface area contributed by atoms with E-state index in [9.17, 15) is 5.11 Å². The van der Waals surface area contributed by atoms with Crippen molar-refractivity contribution >= 4 is 11.3 Å². The fourth-order valence-corrected chi connectivity index (χ4v) is 3.39. The lowest BCUT2D eigenvalue weighted by Gasteiger charge is -2.29. The molecule has 1 atom stereocenters. The van der Waals surface area contributed by atoms with Gasteiger partial charge in [0, 0.05) is 23.3 Å². The molecule has 0 radical (unpaired) electrons. The van der Waals surface area contributed by atoms with Crippen molar-refractivity contribution < 1.29 is 5.11 Å². The van der Waals surface area contributed by atoms with Crippen LogP contribution in [0.5, 0.6) is 0 Å². The van der Waals surface area contributed by atoms with Gasteiger partial charge < -0.3 is 10.8 Å². The number of aliphatic hydroxyl groups is 1. The van der Waals surface area contributed by atoms with Crippen LogP contribution in [0.3, 0.4) is 0 Å². The Morgan fingerprint density at radius 3 is 2.59 bits per heavy atom. The minimum absolute atomic E-state index is 0.141. The first-order valence-electron chi connectivity index (χ1n) is 6.32. The first-order valence-corrected chi connectivity index (χ1v) is 7.14. The summed E-state index contributed by atoms with van der Waals surface area (Å²) >= 11 is 1.74. The van der Waals surface area contributed by atoms with E-state index in [0.717, 1.165) is 29.5 Å². The Morgan fingerprint density at radius 1 is 1.47 bits per heavy atom. The van der Waals surface area contributed by atoms with Crippen molar-refractivity contribution in [3.05, 3.63) is 15.6 Å². The first-order chi connectivity index (χ1) is 8.08. The van der Waals surface area contributed by atoms with E-state index in [2.05, 4.69) is 11.9 Å². The molecule has 96 valence electrons. The predicted octanol–water partition coefficient (Wildman–Crippen LogP) is 2.04. The van der Waals surface area contributed by atoms with Crippen molar-refractivity contribution in [2.24, 2.45) is 17.1 Å². The average Bonchev–Trinajstić information content (AvgIpc) is 3.06. The van der Waals surface area contributed by atoms with E-state index in [1.807, 2.05) is 6.92 Å². The zero-order chi connectivity index (χ0) is 12.5. The molecule has 1 heterocycles. The van der Waals surface area contributed by atoms with Crippen molar-refractivity contribution in [1.82, 2.24) is 4.98 Å². The summed E-state index contributed by atoms with van der Waals surface area (Å²) in [6.45, 7) is 4.87. The predicted molar refractivity (Wildman–Crippen MR) is 71.2 cm³/mol. The Morgan fingerprint density at radius 2 is 2.18 bits per heavy atom. The van der Waals surface area contributed by atoms with E-state index in [1.54, 1.807) is 11.3 Å². The molecule has 2 rings (SSSR count). The quantitative estimate of drug-likeness (QED) is 0.816. The second-order valence-corrected chi connectivity index (χ2v) is 6.72. The molecule has 0 spiro atoms. The molecule has 3 N–H and O–H groups in total. The van der Waals surface area contributed by atoms with Crippen molar-refractivity contribution in [2.45, 2.75) is 39.5 Å². The van der Waals surface area contributed by atoms with Crippen molar-refractivity contribution in [3.63, 3.8) is 0 Å². The maximum atomic E-state index is 9.69. The van der Waals surface area contributed by atoms with Crippen LogP contribution in [0, 0.1) is 25.2 Å². The highest BCUT2D eigenvalue weighted by atomic mass is 32.1. The van der Waals surface area contributed by atoms with Gasteiger partial charge in [-0.1, -0.05) is 12.8 Å². The monoisotopic (exact) mass is 254 g/mol. The number of nitrogens with two attached hydrogens (primary N) is 1. The molecule has 1 aromatic rings. The average molecular weight is 254 g/mol. The molecule has 1 fully saturated rings. The summed E-state index contributed by atoms with van der Waals surface area (Å²) in [5, 5.41) is 10.8. The molecular weight excluding hydrogens is 232 g/mol. The molecule has 1 aliphatic rings. The van der Waals surface area contributed by atoms with Gasteiger partial charge in [0.25, 0.3) is 0 Å². The molecule has 1 saturated carbocycles. The lowest BCUT2D eigenvalue weighted by Crippen LogP contribution is -2.37. The maximum absolute atomic E-state index is 9.69. The van der Waals surface area contributed by atoms with Gasteiger partial charge in [-0.15, -0.1) is 11.3 Å². The number of nitrogens with zero attached hydrogens (tertiary/aromatic N) is 1. The zero-order valence-electron chi connectivity index (χ0n) is 10.7. The van der Waals surface area contributed by atoms with Gasteiger partial charge in [0.15, 0.2) is 0 Å². The summed E-state index contributed by atoms with van der Waals surface area (Å²) < 4.78 is 0. The number of rotatable bonds is 6. The van der Waals surface area contributed by atoms with Crippen LogP contribution in [0.25, 0.3) is 0 Å². The second kappa shape index (κ2) is 5.04. The van der Waals surface area contributed by atoms with Gasteiger partial charge in [-0.05, 0) is 26.2 Å². The maximum Gasteiger partial charge on any atom is 0.0937 e. The van der Waals surface area contributed by atoms with Gasteiger partial charge >= 0.3 is 0 Å². The molecule has 1 unspecified atom stereocenters. The van der Waals surface area contributed by atoms with Crippen LogP contribution in [0.2, 0.25) is 0 Å². The molecule has 0 aromatic carbocycles. The molecule has 1 aromatic heterocycles. The molecule has 0 amide bonds. The highest BCUT2D eigenvalue weighted by Crippen LogP contribution is 2.41. The minimum atomic E-state index is -0.141. The van der Waals surface area contributed by atoms with Gasteiger partial charge in [0.05, 0.1) is 17.3 Å². The third kappa shape index (κ3) is 3.06. The van der Waals surface area contributed by atoms with E-state index in [1.165, 1.54) is 17.7 Å². The number of aryl methyl sites for hydroxylation is 2. The van der Waals surface area contributed by atoms with E-state index < -0.39 is 0 Å². The number of thiazole rings is 1. The molecule has 0 bridgehead atoms. The van der Waals surface area contributed by atoms with Crippen molar-refractivity contribution in [3.8, 4) is 0 Å². The van der Waals surface area contributed by atoms with Gasteiger partial charge in [0.1, 0.15) is 0 Å². The summed E-state index contributed by atoms with van der Waals surface area (Å²) in [6.07, 6.45) is 4.49. The fraction of sp³-hybridized carbons (Fsp3) is 0.769. The molecule has 17 heavy (non-hydrogen) atoms. The van der Waals surface area contributed by atoms with E-state index in [0.29, 0.717) is 6.54 Å². The van der Waals surface area contributed by atoms with Crippen molar-refractivity contribution in [1.29, 1.82) is 0 Å². The summed E-state index contributed by atoms with van der Waals surface area (Å²) in [6, 6.07) is 0. The Hall–Kier alpha value is -0.450. The largest absolute Gasteiger partial charge is 0.396 e. The summed E-state index contributed by atoms with van der Waals surface area (Å²) in [5.74, 6) is 0.785. The van der Waals surface area contributed by atoms with Crippen LogP contribution in [0.1, 0.15) is 34.8 Å². The van der Waals surface area contributed by atoms with Crippen molar-refractivity contribution in [2.75, 3.05) is 13.2 Å². The van der Waals surface area contributed by atoms with E-state index in [4.69, 9.17) is 5.73 Å². The Bertz CT molecular complexity index is 361. The van der Waals surface area contributed by atoms with Crippen LogP contribution >= 0.6 is 11.3 Å². The number of aromatic nitrogens is 1. The normalized spacial score (nSPS) is 19.3. The number of hydrogen-bond acceptors (Lipinski definition) is 4. The third-order valence-electron chi connectivity index (χ3n) is 3.79. The summed E-state index contributed by atoms with van der Waals surface area (Å²) in [4.78, 5) is 5.84. The topological polar surface area (TPSA) is 59.1 Å². The summed E-state index contributed by atoms with van der Waals surface area (Å²) in [7, 11) is 0. The molecule has 0 aliphatic heterocycles. The minimum Gasteiger partial charge on any atom is -0.396 e. The van der Waals surface area contributed by atoms with Crippen LogP contribution < -0.4 is 5.73 Å². The zero-order valence-corrected chi connectivity index (χ0v) is 11.5. The van der Waals surface area contributed by atoms with Gasteiger partial charge in [-0.3, -0.25) is 0 Å². The Kier molecular flexibility index (Phi) is 3.85. The van der Waals surface area contributed by atoms with Crippen LogP contribution in [0.4, 0.5) is 0 Å².